The van der Waals surface area contributed by atoms with Crippen LogP contribution in [-0.4, -0.2) is 11.7 Å². The molecular formula is C13H14O2S. The van der Waals surface area contributed by atoms with Gasteiger partial charge in [-0.25, -0.2) is 0 Å². The summed E-state index contributed by atoms with van der Waals surface area (Å²) in [4.78, 5) is 0.997. The predicted octanol–water partition coefficient (Wildman–Crippen LogP) is 3.25. The van der Waals surface area contributed by atoms with E-state index in [0.29, 0.717) is 13.0 Å². The Morgan fingerprint density at radius 2 is 1.94 bits per heavy atom. The zero-order valence-corrected chi connectivity index (χ0v) is 9.69. The smallest absolute Gasteiger partial charge is 0.119 e. The average Bonchev–Trinajstić information content (AvgIpc) is 2.84. The van der Waals surface area contributed by atoms with Gasteiger partial charge < -0.3 is 9.84 Å². The average molecular weight is 234 g/mol. The molecule has 2 nitrogen and oxygen atoms in total. The van der Waals surface area contributed by atoms with E-state index in [1.807, 2.05) is 47.8 Å². The number of aliphatic hydroxyl groups excluding tert-OH is 1. The van der Waals surface area contributed by atoms with Crippen LogP contribution in [0.5, 0.6) is 5.75 Å². The molecule has 2 rings (SSSR count). The van der Waals surface area contributed by atoms with Crippen molar-refractivity contribution in [3.63, 3.8) is 0 Å². The van der Waals surface area contributed by atoms with Crippen LogP contribution in [-0.2, 0) is 0 Å². The summed E-state index contributed by atoms with van der Waals surface area (Å²) in [6.07, 6.45) is 0.207. The topological polar surface area (TPSA) is 29.5 Å². The van der Waals surface area contributed by atoms with Crippen LogP contribution in [0, 0.1) is 0 Å². The summed E-state index contributed by atoms with van der Waals surface area (Å²) in [6, 6.07) is 13.5. The number of hydrogen-bond donors (Lipinski definition) is 1. The van der Waals surface area contributed by atoms with Crippen molar-refractivity contribution in [2.24, 2.45) is 0 Å². The van der Waals surface area contributed by atoms with E-state index in [1.165, 1.54) is 0 Å². The highest BCUT2D eigenvalue weighted by Gasteiger charge is 2.08. The highest BCUT2D eigenvalue weighted by atomic mass is 32.1. The van der Waals surface area contributed by atoms with E-state index in [-0.39, 0.29) is 0 Å². The van der Waals surface area contributed by atoms with E-state index < -0.39 is 6.10 Å². The molecular weight excluding hydrogens is 220 g/mol. The third-order valence-corrected chi connectivity index (χ3v) is 3.25. The van der Waals surface area contributed by atoms with Gasteiger partial charge in [-0.15, -0.1) is 11.3 Å². The number of ether oxygens (including phenoxy) is 1. The second kappa shape index (κ2) is 5.68. The van der Waals surface area contributed by atoms with E-state index >= 15 is 0 Å². The minimum atomic E-state index is -0.413. The van der Waals surface area contributed by atoms with Gasteiger partial charge in [-0.3, -0.25) is 0 Å². The molecule has 1 N–H and O–H groups in total. The molecule has 0 fully saturated rings. The lowest BCUT2D eigenvalue weighted by Crippen LogP contribution is -2.03. The molecule has 0 aliphatic carbocycles. The molecule has 0 aliphatic heterocycles. The van der Waals surface area contributed by atoms with Crippen molar-refractivity contribution in [3.05, 3.63) is 52.7 Å². The van der Waals surface area contributed by atoms with Crippen LogP contribution in [0.4, 0.5) is 0 Å². The molecule has 0 aliphatic rings. The van der Waals surface area contributed by atoms with Gasteiger partial charge >= 0.3 is 0 Å². The lowest BCUT2D eigenvalue weighted by Gasteiger charge is -2.09. The van der Waals surface area contributed by atoms with Gasteiger partial charge in [0.15, 0.2) is 0 Å². The van der Waals surface area contributed by atoms with Crippen molar-refractivity contribution in [3.8, 4) is 5.75 Å². The molecule has 1 unspecified atom stereocenters. The van der Waals surface area contributed by atoms with Crippen LogP contribution < -0.4 is 4.74 Å². The first kappa shape index (κ1) is 11.2. The summed E-state index contributed by atoms with van der Waals surface area (Å²) < 4.78 is 5.52. The molecule has 1 aromatic heterocycles. The molecule has 1 aromatic carbocycles. The first-order valence-electron chi connectivity index (χ1n) is 5.25. The first-order valence-corrected chi connectivity index (χ1v) is 6.13. The van der Waals surface area contributed by atoms with Gasteiger partial charge in [0, 0.05) is 11.3 Å². The highest BCUT2D eigenvalue weighted by Crippen LogP contribution is 2.21. The molecule has 3 heteroatoms. The van der Waals surface area contributed by atoms with Crippen LogP contribution in [0.2, 0.25) is 0 Å². The molecule has 2 aromatic rings. The third kappa shape index (κ3) is 3.08. The summed E-state index contributed by atoms with van der Waals surface area (Å²) in [5.41, 5.74) is 0. The Bertz CT molecular complexity index is 397. The zero-order chi connectivity index (χ0) is 11.2. The van der Waals surface area contributed by atoms with Gasteiger partial charge in [0.05, 0.1) is 12.7 Å². The lowest BCUT2D eigenvalue weighted by molar-refractivity contribution is 0.144. The minimum Gasteiger partial charge on any atom is -0.493 e. The molecule has 0 radical (unpaired) electrons. The van der Waals surface area contributed by atoms with Gasteiger partial charge in [0.25, 0.3) is 0 Å². The van der Waals surface area contributed by atoms with Crippen LogP contribution in [0.25, 0.3) is 0 Å². The van der Waals surface area contributed by atoms with Gasteiger partial charge in [0.1, 0.15) is 5.75 Å². The maximum atomic E-state index is 9.82. The summed E-state index contributed by atoms with van der Waals surface area (Å²) in [5, 5.41) is 11.8. The maximum absolute atomic E-state index is 9.82. The number of thiophene rings is 1. The molecule has 0 saturated heterocycles. The van der Waals surface area contributed by atoms with Gasteiger partial charge in [-0.05, 0) is 23.6 Å². The zero-order valence-electron chi connectivity index (χ0n) is 8.87. The molecule has 0 amide bonds. The summed E-state index contributed by atoms with van der Waals surface area (Å²) in [6.45, 7) is 0.531. The van der Waals surface area contributed by atoms with Crippen molar-refractivity contribution >= 4 is 11.3 Å². The van der Waals surface area contributed by atoms with Crippen molar-refractivity contribution in [1.29, 1.82) is 0 Å². The predicted molar refractivity (Wildman–Crippen MR) is 65.8 cm³/mol. The fourth-order valence-corrected chi connectivity index (χ4v) is 2.17. The van der Waals surface area contributed by atoms with Crippen LogP contribution >= 0.6 is 11.3 Å². The largest absolute Gasteiger partial charge is 0.493 e. The third-order valence-electron chi connectivity index (χ3n) is 2.27. The number of rotatable bonds is 5. The van der Waals surface area contributed by atoms with Crippen LogP contribution in [0.1, 0.15) is 17.4 Å². The molecule has 0 bridgehead atoms. The SMILES string of the molecule is OC(CCOc1ccccc1)c1cccs1. The van der Waals surface area contributed by atoms with E-state index in [9.17, 15) is 5.11 Å². The van der Waals surface area contributed by atoms with Crippen molar-refractivity contribution in [2.45, 2.75) is 12.5 Å². The second-order valence-corrected chi connectivity index (χ2v) is 4.46. The van der Waals surface area contributed by atoms with Crippen LogP contribution in [0.3, 0.4) is 0 Å². The minimum absolute atomic E-state index is 0.413. The van der Waals surface area contributed by atoms with E-state index in [0.717, 1.165) is 10.6 Å². The van der Waals surface area contributed by atoms with Crippen molar-refractivity contribution in [1.82, 2.24) is 0 Å². The number of para-hydroxylation sites is 1. The molecule has 0 spiro atoms. The van der Waals surface area contributed by atoms with Crippen molar-refractivity contribution < 1.29 is 9.84 Å². The molecule has 16 heavy (non-hydrogen) atoms. The highest BCUT2D eigenvalue weighted by molar-refractivity contribution is 7.10. The normalized spacial score (nSPS) is 12.3. The Hall–Kier alpha value is -1.32. The molecule has 1 heterocycles. The summed E-state index contributed by atoms with van der Waals surface area (Å²) >= 11 is 1.57. The van der Waals surface area contributed by atoms with Gasteiger partial charge in [-0.1, -0.05) is 24.3 Å². The summed E-state index contributed by atoms with van der Waals surface area (Å²) in [5.74, 6) is 0.848. The number of benzene rings is 1. The van der Waals surface area contributed by atoms with E-state index in [2.05, 4.69) is 0 Å². The number of aliphatic hydroxyl groups is 1. The standard InChI is InChI=1S/C13H14O2S/c14-12(13-7-4-10-16-13)8-9-15-11-5-2-1-3-6-11/h1-7,10,12,14H,8-9H2. The lowest BCUT2D eigenvalue weighted by atomic mass is 10.2. The maximum Gasteiger partial charge on any atom is 0.119 e. The Morgan fingerprint density at radius 3 is 2.62 bits per heavy atom. The summed E-state index contributed by atoms with van der Waals surface area (Å²) in [7, 11) is 0. The Labute approximate surface area is 99.1 Å². The Balaban J connectivity index is 1.76. The quantitative estimate of drug-likeness (QED) is 0.860. The van der Waals surface area contributed by atoms with Gasteiger partial charge in [-0.2, -0.15) is 0 Å². The van der Waals surface area contributed by atoms with E-state index in [1.54, 1.807) is 11.3 Å². The fourth-order valence-electron chi connectivity index (χ4n) is 1.43. The van der Waals surface area contributed by atoms with Crippen LogP contribution in [0.15, 0.2) is 47.8 Å². The molecule has 84 valence electrons. The van der Waals surface area contributed by atoms with E-state index in [4.69, 9.17) is 4.74 Å². The first-order chi connectivity index (χ1) is 7.86. The van der Waals surface area contributed by atoms with Gasteiger partial charge in [0.2, 0.25) is 0 Å². The number of hydrogen-bond acceptors (Lipinski definition) is 3. The Morgan fingerprint density at radius 1 is 1.12 bits per heavy atom. The van der Waals surface area contributed by atoms with Crippen molar-refractivity contribution in [2.75, 3.05) is 6.61 Å². The molecule has 1 atom stereocenters. The molecule has 0 saturated carbocycles. The fraction of sp³-hybridized carbons (Fsp3) is 0.231. The second-order valence-electron chi connectivity index (χ2n) is 3.48. The monoisotopic (exact) mass is 234 g/mol. The Kier molecular flexibility index (Phi) is 3.97.